The van der Waals surface area contributed by atoms with E-state index in [4.69, 9.17) is 5.11 Å². The van der Waals surface area contributed by atoms with Crippen LogP contribution in [-0.2, 0) is 11.2 Å². The Morgan fingerprint density at radius 1 is 1.26 bits per heavy atom. The summed E-state index contributed by atoms with van der Waals surface area (Å²) < 4.78 is 1.75. The average molecular weight is 316 g/mol. The Labute approximate surface area is 134 Å². The molecule has 2 rings (SSSR count). The fourth-order valence-electron chi connectivity index (χ4n) is 2.03. The summed E-state index contributed by atoms with van der Waals surface area (Å²) >= 11 is 0. The van der Waals surface area contributed by atoms with Crippen LogP contribution in [0.1, 0.15) is 31.9 Å². The van der Waals surface area contributed by atoms with Gasteiger partial charge in [0.1, 0.15) is 0 Å². The molecule has 0 bridgehead atoms. The maximum absolute atomic E-state index is 12.0. The Morgan fingerprint density at radius 3 is 2.70 bits per heavy atom. The number of carbonyl (C=O) groups excluding carboxylic acids is 1. The van der Waals surface area contributed by atoms with Crippen LogP contribution in [0.15, 0.2) is 36.5 Å². The van der Waals surface area contributed by atoms with Crippen LogP contribution >= 0.6 is 0 Å². The van der Waals surface area contributed by atoms with E-state index in [-0.39, 0.29) is 12.5 Å². The number of carbonyl (C=O) groups is 2. The van der Waals surface area contributed by atoms with Gasteiger partial charge in [0.05, 0.1) is 0 Å². The van der Waals surface area contributed by atoms with Gasteiger partial charge in [-0.25, -0.2) is 4.79 Å². The molecule has 0 atom stereocenters. The van der Waals surface area contributed by atoms with Crippen LogP contribution in [0.25, 0.3) is 0 Å². The molecule has 0 saturated heterocycles. The number of aliphatic carboxylic acids is 1. The number of nitrogens with one attached hydrogen (secondary N) is 2. The minimum atomic E-state index is -0.846. The molecule has 7 nitrogen and oxygen atoms in total. The maximum atomic E-state index is 12.0. The van der Waals surface area contributed by atoms with Crippen molar-refractivity contribution in [3.05, 3.63) is 42.1 Å². The monoisotopic (exact) mass is 316 g/mol. The zero-order valence-corrected chi connectivity index (χ0v) is 13.1. The van der Waals surface area contributed by atoms with E-state index in [0.29, 0.717) is 17.9 Å². The SMILES string of the molecule is CC(C)n1ccc(NC(=O)Nc2cccc(CCC(=O)O)c2)n1. The van der Waals surface area contributed by atoms with Crippen molar-refractivity contribution in [2.45, 2.75) is 32.7 Å². The van der Waals surface area contributed by atoms with Crippen molar-refractivity contribution in [2.24, 2.45) is 0 Å². The van der Waals surface area contributed by atoms with Crippen molar-refractivity contribution < 1.29 is 14.7 Å². The molecule has 23 heavy (non-hydrogen) atoms. The Balaban J connectivity index is 1.94. The molecule has 1 heterocycles. The lowest BCUT2D eigenvalue weighted by molar-refractivity contribution is -0.136. The van der Waals surface area contributed by atoms with Crippen molar-refractivity contribution in [3.8, 4) is 0 Å². The highest BCUT2D eigenvalue weighted by Crippen LogP contribution is 2.13. The minimum absolute atomic E-state index is 0.0578. The van der Waals surface area contributed by atoms with Gasteiger partial charge in [-0.05, 0) is 38.0 Å². The number of benzene rings is 1. The molecule has 0 aliphatic heterocycles. The molecule has 2 aromatic rings. The predicted octanol–water partition coefficient (Wildman–Crippen LogP) is 3.13. The molecular formula is C16H20N4O3. The molecule has 1 aromatic carbocycles. The Morgan fingerprint density at radius 2 is 2.04 bits per heavy atom. The van der Waals surface area contributed by atoms with Crippen LogP contribution in [0, 0.1) is 0 Å². The number of carboxylic acids is 1. The summed E-state index contributed by atoms with van der Waals surface area (Å²) in [5, 5.41) is 18.3. The van der Waals surface area contributed by atoms with Crippen molar-refractivity contribution in [1.82, 2.24) is 9.78 Å². The normalized spacial score (nSPS) is 10.6. The molecular weight excluding hydrogens is 296 g/mol. The zero-order chi connectivity index (χ0) is 16.8. The number of hydrogen-bond donors (Lipinski definition) is 3. The van der Waals surface area contributed by atoms with Gasteiger partial charge in [-0.1, -0.05) is 12.1 Å². The first kappa shape index (κ1) is 16.5. The van der Waals surface area contributed by atoms with Crippen molar-refractivity contribution >= 4 is 23.5 Å². The number of aryl methyl sites for hydroxylation is 1. The second-order valence-electron chi connectivity index (χ2n) is 5.45. The highest BCUT2D eigenvalue weighted by molar-refractivity contribution is 5.99. The van der Waals surface area contributed by atoms with E-state index in [1.54, 1.807) is 35.1 Å². The molecule has 0 fully saturated rings. The Hall–Kier alpha value is -2.83. The van der Waals surface area contributed by atoms with Crippen LogP contribution in [0.2, 0.25) is 0 Å². The van der Waals surface area contributed by atoms with Gasteiger partial charge in [0, 0.05) is 30.4 Å². The van der Waals surface area contributed by atoms with Gasteiger partial charge < -0.3 is 10.4 Å². The number of nitrogens with zero attached hydrogens (tertiary/aromatic N) is 2. The summed E-state index contributed by atoms with van der Waals surface area (Å²) in [7, 11) is 0. The quantitative estimate of drug-likeness (QED) is 0.763. The third-order valence-corrected chi connectivity index (χ3v) is 3.19. The van der Waals surface area contributed by atoms with E-state index in [2.05, 4.69) is 15.7 Å². The smallest absolute Gasteiger partial charge is 0.324 e. The highest BCUT2D eigenvalue weighted by Gasteiger charge is 2.07. The second-order valence-corrected chi connectivity index (χ2v) is 5.45. The lowest BCUT2D eigenvalue weighted by atomic mass is 10.1. The average Bonchev–Trinajstić information content (AvgIpc) is 2.94. The van der Waals surface area contributed by atoms with E-state index < -0.39 is 12.0 Å². The second kappa shape index (κ2) is 7.44. The van der Waals surface area contributed by atoms with Gasteiger partial charge in [0.2, 0.25) is 0 Å². The standard InChI is InChI=1S/C16H20N4O3/c1-11(2)20-9-8-14(19-20)18-16(23)17-13-5-3-4-12(10-13)6-7-15(21)22/h3-5,8-11H,6-7H2,1-2H3,(H,21,22)(H2,17,18,19,23). The summed E-state index contributed by atoms with van der Waals surface area (Å²) in [4.78, 5) is 22.6. The van der Waals surface area contributed by atoms with Crippen molar-refractivity contribution in [2.75, 3.05) is 10.6 Å². The molecule has 2 amide bonds. The summed E-state index contributed by atoms with van der Waals surface area (Å²) in [6.07, 6.45) is 2.28. The van der Waals surface area contributed by atoms with Crippen LogP contribution in [-0.4, -0.2) is 26.9 Å². The van der Waals surface area contributed by atoms with E-state index in [1.807, 2.05) is 19.9 Å². The minimum Gasteiger partial charge on any atom is -0.481 e. The Bertz CT molecular complexity index is 694. The molecule has 0 spiro atoms. The topological polar surface area (TPSA) is 96.2 Å². The van der Waals surface area contributed by atoms with Crippen molar-refractivity contribution in [1.29, 1.82) is 0 Å². The summed E-state index contributed by atoms with van der Waals surface area (Å²) in [5.41, 5.74) is 1.46. The highest BCUT2D eigenvalue weighted by atomic mass is 16.4. The zero-order valence-electron chi connectivity index (χ0n) is 13.1. The predicted molar refractivity (Wildman–Crippen MR) is 87.7 cm³/mol. The number of anilines is 2. The van der Waals surface area contributed by atoms with Crippen LogP contribution < -0.4 is 10.6 Å². The molecule has 1 aromatic heterocycles. The van der Waals surface area contributed by atoms with Crippen LogP contribution in [0.5, 0.6) is 0 Å². The van der Waals surface area contributed by atoms with Gasteiger partial charge in [-0.3, -0.25) is 14.8 Å². The van der Waals surface area contributed by atoms with Crippen molar-refractivity contribution in [3.63, 3.8) is 0 Å². The summed E-state index contributed by atoms with van der Waals surface area (Å²) in [6.45, 7) is 4.00. The van der Waals surface area contributed by atoms with Crippen LogP contribution in [0.3, 0.4) is 0 Å². The third-order valence-electron chi connectivity index (χ3n) is 3.19. The summed E-state index contributed by atoms with van der Waals surface area (Å²) in [6, 6.07) is 8.67. The molecule has 7 heteroatoms. The molecule has 3 N–H and O–H groups in total. The number of aromatic nitrogens is 2. The molecule has 0 saturated carbocycles. The van der Waals surface area contributed by atoms with Gasteiger partial charge in [-0.15, -0.1) is 0 Å². The number of hydrogen-bond acceptors (Lipinski definition) is 3. The van der Waals surface area contributed by atoms with Gasteiger partial charge >= 0.3 is 12.0 Å². The third kappa shape index (κ3) is 5.14. The first-order valence-electron chi connectivity index (χ1n) is 7.38. The first-order valence-corrected chi connectivity index (χ1v) is 7.38. The van der Waals surface area contributed by atoms with Crippen LogP contribution in [0.4, 0.5) is 16.3 Å². The van der Waals surface area contributed by atoms with E-state index >= 15 is 0 Å². The number of urea groups is 1. The van der Waals surface area contributed by atoms with Gasteiger partial charge in [-0.2, -0.15) is 5.10 Å². The number of carboxylic acid groups (broad SMARTS) is 1. The molecule has 0 radical (unpaired) electrons. The summed E-state index contributed by atoms with van der Waals surface area (Å²) in [5.74, 6) is -0.375. The fraction of sp³-hybridized carbons (Fsp3) is 0.312. The lowest BCUT2D eigenvalue weighted by Crippen LogP contribution is -2.20. The molecule has 0 aliphatic carbocycles. The fourth-order valence-corrected chi connectivity index (χ4v) is 2.03. The van der Waals surface area contributed by atoms with E-state index in [0.717, 1.165) is 5.56 Å². The maximum Gasteiger partial charge on any atom is 0.324 e. The molecule has 0 unspecified atom stereocenters. The number of amides is 2. The lowest BCUT2D eigenvalue weighted by Gasteiger charge is -2.08. The van der Waals surface area contributed by atoms with Gasteiger partial charge in [0.25, 0.3) is 0 Å². The largest absolute Gasteiger partial charge is 0.481 e. The van der Waals surface area contributed by atoms with Gasteiger partial charge in [0.15, 0.2) is 5.82 Å². The Kier molecular flexibility index (Phi) is 5.35. The number of rotatable bonds is 6. The molecule has 0 aliphatic rings. The molecule has 122 valence electrons. The van der Waals surface area contributed by atoms with E-state index in [1.165, 1.54) is 0 Å². The van der Waals surface area contributed by atoms with E-state index in [9.17, 15) is 9.59 Å². The first-order chi connectivity index (χ1) is 10.9.